The molecule has 56 heavy (non-hydrogen) atoms. The molecule has 7 nitrogen and oxygen atoms in total. The van der Waals surface area contributed by atoms with E-state index in [1.54, 1.807) is 0 Å². The van der Waals surface area contributed by atoms with E-state index < -0.39 is 0 Å². The Morgan fingerprint density at radius 1 is 0.429 bits per heavy atom. The smallest absolute Gasteiger partial charge is 0.320 e. The van der Waals surface area contributed by atoms with E-state index >= 15 is 0 Å². The van der Waals surface area contributed by atoms with Gasteiger partial charge in [0.1, 0.15) is 6.10 Å². The number of rotatable bonds is 41. The Hall–Kier alpha value is -1.63. The van der Waals surface area contributed by atoms with Gasteiger partial charge in [-0.15, -0.1) is 0 Å². The molecule has 0 aliphatic carbocycles. The summed E-state index contributed by atoms with van der Waals surface area (Å²) >= 11 is 0. The third-order valence-corrected chi connectivity index (χ3v) is 12.1. The fraction of sp³-hybridized carbons (Fsp3) is 0.939. The van der Waals surface area contributed by atoms with Gasteiger partial charge < -0.3 is 14.2 Å². The van der Waals surface area contributed by atoms with Gasteiger partial charge in [-0.25, -0.2) is 0 Å². The SMILES string of the molecule is CCCCCC(CCCCC)CCOC(=O)CCCCCCCC(CCCCCCCC(=O)OCCC(CCCCC)CCCCC)OC(=O)CN1CCCC1. The number of ether oxygens (including phenoxy) is 3. The van der Waals surface area contributed by atoms with Crippen molar-refractivity contribution < 1.29 is 28.6 Å². The van der Waals surface area contributed by atoms with Crippen LogP contribution in [0.3, 0.4) is 0 Å². The number of hydrogen-bond donors (Lipinski definition) is 0. The van der Waals surface area contributed by atoms with Gasteiger partial charge >= 0.3 is 17.9 Å². The molecule has 0 aromatic rings. The molecule has 0 spiro atoms. The van der Waals surface area contributed by atoms with Crippen LogP contribution in [0, 0.1) is 11.8 Å². The normalized spacial score (nSPS) is 13.3. The van der Waals surface area contributed by atoms with Gasteiger partial charge in [0.25, 0.3) is 0 Å². The molecule has 0 aromatic heterocycles. The molecule has 1 heterocycles. The Bertz CT molecular complexity index is 829. The molecule has 1 rings (SSSR count). The minimum atomic E-state index is -0.0737. The summed E-state index contributed by atoms with van der Waals surface area (Å²) in [5.41, 5.74) is 0. The Kier molecular flexibility index (Phi) is 36.4. The van der Waals surface area contributed by atoms with Crippen LogP contribution >= 0.6 is 0 Å². The number of unbranched alkanes of at least 4 members (excludes halogenated alkanes) is 16. The minimum absolute atomic E-state index is 0.0180. The van der Waals surface area contributed by atoms with Crippen LogP contribution in [0.4, 0.5) is 0 Å². The molecule has 7 heteroatoms. The summed E-state index contributed by atoms with van der Waals surface area (Å²) in [4.78, 5) is 39.8. The molecule has 0 atom stereocenters. The van der Waals surface area contributed by atoms with Crippen LogP contribution in [0.25, 0.3) is 0 Å². The van der Waals surface area contributed by atoms with Crippen molar-refractivity contribution in [3.8, 4) is 0 Å². The Balaban J connectivity index is 2.27. The molecule has 0 amide bonds. The summed E-state index contributed by atoms with van der Waals surface area (Å²) in [6.07, 6.45) is 38.0. The Labute approximate surface area is 347 Å². The average Bonchev–Trinajstić information content (AvgIpc) is 3.69. The highest BCUT2D eigenvalue weighted by Gasteiger charge is 2.20. The second-order valence-electron chi connectivity index (χ2n) is 17.4. The van der Waals surface area contributed by atoms with Gasteiger partial charge in [-0.3, -0.25) is 19.3 Å². The largest absolute Gasteiger partial charge is 0.466 e. The summed E-state index contributed by atoms with van der Waals surface area (Å²) in [6.45, 7) is 12.6. The molecular formula is C49H93NO6. The first-order valence-electron chi connectivity index (χ1n) is 24.6. The van der Waals surface area contributed by atoms with E-state index in [4.69, 9.17) is 14.2 Å². The van der Waals surface area contributed by atoms with Crippen LogP contribution in [0.2, 0.25) is 0 Å². The first kappa shape index (κ1) is 52.4. The van der Waals surface area contributed by atoms with Gasteiger partial charge in [-0.05, 0) is 89.1 Å². The molecular weight excluding hydrogens is 699 g/mol. The zero-order valence-electron chi connectivity index (χ0n) is 37.7. The highest BCUT2D eigenvalue weighted by Crippen LogP contribution is 2.23. The molecule has 1 aliphatic heterocycles. The lowest BCUT2D eigenvalue weighted by atomic mass is 9.92. The maximum Gasteiger partial charge on any atom is 0.320 e. The highest BCUT2D eigenvalue weighted by atomic mass is 16.5. The van der Waals surface area contributed by atoms with E-state index in [0.29, 0.717) is 44.4 Å². The van der Waals surface area contributed by atoms with E-state index in [1.165, 1.54) is 116 Å². The Morgan fingerprint density at radius 3 is 1.18 bits per heavy atom. The van der Waals surface area contributed by atoms with Crippen LogP contribution in [0.5, 0.6) is 0 Å². The number of carbonyl (C=O) groups excluding carboxylic acids is 3. The molecule has 0 bridgehead atoms. The first-order valence-corrected chi connectivity index (χ1v) is 24.6. The summed E-state index contributed by atoms with van der Waals surface area (Å²) in [5.74, 6) is 1.24. The van der Waals surface area contributed by atoms with Crippen LogP contribution < -0.4 is 0 Å². The van der Waals surface area contributed by atoms with Crippen LogP contribution in [0.15, 0.2) is 0 Å². The summed E-state index contributed by atoms with van der Waals surface area (Å²) in [6, 6.07) is 0. The fourth-order valence-electron chi connectivity index (χ4n) is 8.37. The van der Waals surface area contributed by atoms with Crippen LogP contribution in [0.1, 0.15) is 246 Å². The molecule has 0 N–H and O–H groups in total. The van der Waals surface area contributed by atoms with Crippen LogP contribution in [-0.2, 0) is 28.6 Å². The van der Waals surface area contributed by atoms with Crippen molar-refractivity contribution in [2.75, 3.05) is 32.8 Å². The summed E-state index contributed by atoms with van der Waals surface area (Å²) in [5, 5.41) is 0. The van der Waals surface area contributed by atoms with Gasteiger partial charge in [0.15, 0.2) is 0 Å². The standard InChI is InChI=1S/C49H93NO6/c1-5-9-19-29-44(30-20-10-6-2)37-41-54-47(51)35-25-17-13-15-23-33-46(56-49(53)43-50-39-27-28-40-50)34-24-16-14-18-26-36-48(52)55-42-38-45(31-21-11-7-3)32-22-12-8-4/h44-46H,5-43H2,1-4H3. The molecule has 0 radical (unpaired) electrons. The number of hydrogen-bond acceptors (Lipinski definition) is 7. The van der Waals surface area contributed by atoms with Gasteiger partial charge in [0.2, 0.25) is 0 Å². The minimum Gasteiger partial charge on any atom is -0.466 e. The molecule has 0 saturated carbocycles. The topological polar surface area (TPSA) is 82.1 Å². The molecule has 0 unspecified atom stereocenters. The van der Waals surface area contributed by atoms with E-state index in [0.717, 1.165) is 103 Å². The lowest BCUT2D eigenvalue weighted by molar-refractivity contribution is -0.151. The van der Waals surface area contributed by atoms with Crippen molar-refractivity contribution >= 4 is 17.9 Å². The zero-order valence-corrected chi connectivity index (χ0v) is 37.7. The molecule has 0 aromatic carbocycles. The van der Waals surface area contributed by atoms with Crippen molar-refractivity contribution in [2.24, 2.45) is 11.8 Å². The number of esters is 3. The van der Waals surface area contributed by atoms with Crippen molar-refractivity contribution in [3.63, 3.8) is 0 Å². The third-order valence-electron chi connectivity index (χ3n) is 12.1. The zero-order chi connectivity index (χ0) is 40.7. The number of nitrogens with zero attached hydrogens (tertiary/aromatic N) is 1. The maximum absolute atomic E-state index is 12.8. The quantitative estimate of drug-likeness (QED) is 0.0346. The third kappa shape index (κ3) is 32.3. The first-order chi connectivity index (χ1) is 27.4. The molecule has 1 fully saturated rings. The second-order valence-corrected chi connectivity index (χ2v) is 17.4. The monoisotopic (exact) mass is 792 g/mol. The van der Waals surface area contributed by atoms with Gasteiger partial charge in [-0.1, -0.05) is 169 Å². The van der Waals surface area contributed by atoms with Gasteiger partial charge in [0, 0.05) is 12.8 Å². The van der Waals surface area contributed by atoms with E-state index in [2.05, 4.69) is 32.6 Å². The predicted molar refractivity (Wildman–Crippen MR) is 235 cm³/mol. The van der Waals surface area contributed by atoms with E-state index in [1.807, 2.05) is 0 Å². The van der Waals surface area contributed by atoms with Crippen molar-refractivity contribution in [1.29, 1.82) is 0 Å². The number of carbonyl (C=O) groups is 3. The maximum atomic E-state index is 12.8. The van der Waals surface area contributed by atoms with E-state index in [9.17, 15) is 14.4 Å². The average molecular weight is 792 g/mol. The predicted octanol–water partition coefficient (Wildman–Crippen LogP) is 13.9. The highest BCUT2D eigenvalue weighted by molar-refractivity contribution is 5.72. The van der Waals surface area contributed by atoms with Crippen molar-refractivity contribution in [3.05, 3.63) is 0 Å². The molecule has 1 saturated heterocycles. The lowest BCUT2D eigenvalue weighted by Crippen LogP contribution is -2.31. The number of likely N-dealkylation sites (tertiary alicyclic amines) is 1. The summed E-state index contributed by atoms with van der Waals surface area (Å²) in [7, 11) is 0. The molecule has 330 valence electrons. The Morgan fingerprint density at radius 2 is 0.786 bits per heavy atom. The second kappa shape index (κ2) is 38.9. The van der Waals surface area contributed by atoms with Crippen LogP contribution in [-0.4, -0.2) is 61.8 Å². The van der Waals surface area contributed by atoms with Crippen molar-refractivity contribution in [2.45, 2.75) is 252 Å². The van der Waals surface area contributed by atoms with Gasteiger partial charge in [0.05, 0.1) is 19.8 Å². The van der Waals surface area contributed by atoms with E-state index in [-0.39, 0.29) is 24.0 Å². The van der Waals surface area contributed by atoms with Crippen molar-refractivity contribution in [1.82, 2.24) is 4.90 Å². The van der Waals surface area contributed by atoms with Gasteiger partial charge in [-0.2, -0.15) is 0 Å². The lowest BCUT2D eigenvalue weighted by Gasteiger charge is -2.20. The fourth-order valence-corrected chi connectivity index (χ4v) is 8.37. The molecule has 1 aliphatic rings. The summed E-state index contributed by atoms with van der Waals surface area (Å²) < 4.78 is 17.3.